The van der Waals surface area contributed by atoms with Crippen molar-refractivity contribution in [3.63, 3.8) is 0 Å². The average molecular weight is 297 g/mol. The Morgan fingerprint density at radius 3 is 2.82 bits per heavy atom. The van der Waals surface area contributed by atoms with Crippen molar-refractivity contribution < 1.29 is 9.53 Å². The number of benzene rings is 1. The first-order valence-corrected chi connectivity index (χ1v) is 7.60. The molecule has 0 N–H and O–H groups in total. The second kappa shape index (κ2) is 6.56. The van der Waals surface area contributed by atoms with Crippen molar-refractivity contribution in [2.75, 3.05) is 6.54 Å². The summed E-state index contributed by atoms with van der Waals surface area (Å²) in [5.41, 5.74) is 0.641. The molecule has 1 aromatic carbocycles. The van der Waals surface area contributed by atoms with E-state index in [1.165, 1.54) is 6.42 Å². The van der Waals surface area contributed by atoms with E-state index in [2.05, 4.69) is 16.9 Å². The largest absolute Gasteiger partial charge is 0.424 e. The summed E-state index contributed by atoms with van der Waals surface area (Å²) in [4.78, 5) is 22.6. The number of aromatic nitrogens is 2. The molecule has 1 aliphatic heterocycles. The lowest BCUT2D eigenvalue weighted by atomic mass is 10.0. The van der Waals surface area contributed by atoms with Gasteiger partial charge in [-0.15, -0.1) is 0 Å². The minimum Gasteiger partial charge on any atom is -0.424 e. The third-order valence-electron chi connectivity index (χ3n) is 3.90. The maximum absolute atomic E-state index is 12.7. The highest BCUT2D eigenvalue weighted by Crippen LogP contribution is 2.23. The van der Waals surface area contributed by atoms with Crippen molar-refractivity contribution in [1.82, 2.24) is 14.9 Å². The number of carbonyl (C=O) groups excluding carboxylic acids is 1. The van der Waals surface area contributed by atoms with Crippen molar-refractivity contribution in [2.45, 2.75) is 32.2 Å². The Labute approximate surface area is 130 Å². The van der Waals surface area contributed by atoms with E-state index in [9.17, 15) is 4.79 Å². The summed E-state index contributed by atoms with van der Waals surface area (Å²) >= 11 is 0. The Kier molecular flexibility index (Phi) is 4.32. The number of likely N-dealkylation sites (tertiary alicyclic amines) is 1. The maximum Gasteiger partial charge on any atom is 0.321 e. The van der Waals surface area contributed by atoms with Gasteiger partial charge in [0.15, 0.2) is 0 Å². The molecule has 1 unspecified atom stereocenters. The number of nitrogens with zero attached hydrogens (tertiary/aromatic N) is 3. The van der Waals surface area contributed by atoms with Gasteiger partial charge in [0.2, 0.25) is 0 Å². The molecule has 1 aromatic heterocycles. The normalized spacial score (nSPS) is 18.0. The van der Waals surface area contributed by atoms with Gasteiger partial charge in [0.1, 0.15) is 5.75 Å². The van der Waals surface area contributed by atoms with Gasteiger partial charge < -0.3 is 9.64 Å². The minimum atomic E-state index is 0.0617. The van der Waals surface area contributed by atoms with Gasteiger partial charge in [0, 0.05) is 30.5 Å². The standard InChI is InChI=1S/C17H19N3O2/c1-13-6-2-3-11-20(13)16(21)14-7-4-8-15(12-14)22-17-18-9-5-10-19-17/h4-5,7-10,12-13H,2-3,6,11H2,1H3. The van der Waals surface area contributed by atoms with E-state index in [4.69, 9.17) is 4.74 Å². The lowest BCUT2D eigenvalue weighted by molar-refractivity contribution is 0.0635. The Bertz CT molecular complexity index is 645. The smallest absolute Gasteiger partial charge is 0.321 e. The van der Waals surface area contributed by atoms with Gasteiger partial charge in [-0.25, -0.2) is 9.97 Å². The van der Waals surface area contributed by atoms with Crippen molar-refractivity contribution in [2.24, 2.45) is 0 Å². The molecule has 1 atom stereocenters. The van der Waals surface area contributed by atoms with Gasteiger partial charge in [-0.05, 0) is 50.5 Å². The molecule has 0 radical (unpaired) electrons. The maximum atomic E-state index is 12.7. The second-order valence-corrected chi connectivity index (χ2v) is 5.50. The second-order valence-electron chi connectivity index (χ2n) is 5.50. The zero-order valence-electron chi connectivity index (χ0n) is 12.6. The summed E-state index contributed by atoms with van der Waals surface area (Å²) in [6.07, 6.45) is 6.57. The lowest BCUT2D eigenvalue weighted by Crippen LogP contribution is -2.42. The van der Waals surface area contributed by atoms with E-state index >= 15 is 0 Å². The van der Waals surface area contributed by atoms with E-state index in [1.54, 1.807) is 30.6 Å². The Balaban J connectivity index is 1.77. The van der Waals surface area contributed by atoms with E-state index in [1.807, 2.05) is 17.0 Å². The fraction of sp³-hybridized carbons (Fsp3) is 0.353. The van der Waals surface area contributed by atoms with Gasteiger partial charge >= 0.3 is 6.01 Å². The molecule has 0 aliphatic carbocycles. The zero-order valence-corrected chi connectivity index (χ0v) is 12.6. The number of ether oxygens (including phenoxy) is 1. The van der Waals surface area contributed by atoms with Crippen LogP contribution in [-0.2, 0) is 0 Å². The SMILES string of the molecule is CC1CCCCN1C(=O)c1cccc(Oc2ncccn2)c1. The van der Waals surface area contributed by atoms with Crippen LogP contribution in [0.4, 0.5) is 0 Å². The van der Waals surface area contributed by atoms with E-state index in [0.717, 1.165) is 19.4 Å². The predicted molar refractivity (Wildman–Crippen MR) is 82.9 cm³/mol. The monoisotopic (exact) mass is 297 g/mol. The van der Waals surface area contributed by atoms with Gasteiger partial charge in [-0.1, -0.05) is 6.07 Å². The number of rotatable bonds is 3. The number of hydrogen-bond acceptors (Lipinski definition) is 4. The third-order valence-corrected chi connectivity index (χ3v) is 3.90. The molecule has 5 heteroatoms. The van der Waals surface area contributed by atoms with Crippen LogP contribution in [0.3, 0.4) is 0 Å². The van der Waals surface area contributed by atoms with Gasteiger partial charge in [-0.3, -0.25) is 4.79 Å². The van der Waals surface area contributed by atoms with E-state index in [0.29, 0.717) is 17.4 Å². The topological polar surface area (TPSA) is 55.3 Å². The molecule has 22 heavy (non-hydrogen) atoms. The first kappa shape index (κ1) is 14.5. The van der Waals surface area contributed by atoms with Crippen LogP contribution in [0.2, 0.25) is 0 Å². The molecule has 114 valence electrons. The molecule has 0 saturated carbocycles. The van der Waals surface area contributed by atoms with Crippen LogP contribution in [0, 0.1) is 0 Å². The van der Waals surface area contributed by atoms with E-state index in [-0.39, 0.29) is 11.9 Å². The summed E-state index contributed by atoms with van der Waals surface area (Å²) < 4.78 is 5.59. The van der Waals surface area contributed by atoms with Crippen LogP contribution in [0.1, 0.15) is 36.5 Å². The first-order valence-electron chi connectivity index (χ1n) is 7.60. The molecule has 1 aliphatic rings. The summed E-state index contributed by atoms with van der Waals surface area (Å²) in [7, 11) is 0. The third kappa shape index (κ3) is 3.24. The first-order chi connectivity index (χ1) is 10.7. The van der Waals surface area contributed by atoms with Crippen LogP contribution >= 0.6 is 0 Å². The summed E-state index contributed by atoms with van der Waals surface area (Å²) in [5, 5.41) is 0. The molecule has 2 heterocycles. The van der Waals surface area contributed by atoms with E-state index < -0.39 is 0 Å². The molecule has 3 rings (SSSR count). The van der Waals surface area contributed by atoms with Crippen LogP contribution in [0.5, 0.6) is 11.8 Å². The Morgan fingerprint density at radius 2 is 2.05 bits per heavy atom. The molecular weight excluding hydrogens is 278 g/mol. The van der Waals surface area contributed by atoms with Crippen molar-refractivity contribution in [3.05, 3.63) is 48.3 Å². The van der Waals surface area contributed by atoms with Gasteiger partial charge in [0.05, 0.1) is 0 Å². The van der Waals surface area contributed by atoms with Crippen LogP contribution in [0.25, 0.3) is 0 Å². The zero-order chi connectivity index (χ0) is 15.4. The van der Waals surface area contributed by atoms with Crippen molar-refractivity contribution in [1.29, 1.82) is 0 Å². The highest BCUT2D eigenvalue weighted by atomic mass is 16.5. The molecule has 1 amide bonds. The van der Waals surface area contributed by atoms with Gasteiger partial charge in [0.25, 0.3) is 5.91 Å². The molecular formula is C17H19N3O2. The Morgan fingerprint density at radius 1 is 1.23 bits per heavy atom. The average Bonchev–Trinajstić information content (AvgIpc) is 2.56. The van der Waals surface area contributed by atoms with Gasteiger partial charge in [-0.2, -0.15) is 0 Å². The summed E-state index contributed by atoms with van der Waals surface area (Å²) in [6, 6.07) is 9.49. The summed E-state index contributed by atoms with van der Waals surface area (Å²) in [5.74, 6) is 0.633. The highest BCUT2D eigenvalue weighted by molar-refractivity contribution is 5.94. The molecule has 5 nitrogen and oxygen atoms in total. The number of hydrogen-bond donors (Lipinski definition) is 0. The molecule has 0 bridgehead atoms. The van der Waals surface area contributed by atoms with Crippen LogP contribution in [0.15, 0.2) is 42.7 Å². The molecule has 2 aromatic rings. The Hall–Kier alpha value is -2.43. The molecule has 1 fully saturated rings. The predicted octanol–water partition coefficient (Wildman–Crippen LogP) is 3.28. The minimum absolute atomic E-state index is 0.0617. The number of amides is 1. The van der Waals surface area contributed by atoms with Crippen LogP contribution in [-0.4, -0.2) is 33.4 Å². The number of piperidine rings is 1. The summed E-state index contributed by atoms with van der Waals surface area (Å²) in [6.45, 7) is 2.93. The molecule has 1 saturated heterocycles. The number of carbonyl (C=O) groups is 1. The van der Waals surface area contributed by atoms with Crippen LogP contribution < -0.4 is 4.74 Å². The quantitative estimate of drug-likeness (QED) is 0.872. The fourth-order valence-corrected chi connectivity index (χ4v) is 2.70. The molecule has 0 spiro atoms. The fourth-order valence-electron chi connectivity index (χ4n) is 2.70. The van der Waals surface area contributed by atoms with Crippen molar-refractivity contribution >= 4 is 5.91 Å². The highest BCUT2D eigenvalue weighted by Gasteiger charge is 2.24. The van der Waals surface area contributed by atoms with Crippen molar-refractivity contribution in [3.8, 4) is 11.8 Å². The lowest BCUT2D eigenvalue weighted by Gasteiger charge is -2.33.